The van der Waals surface area contributed by atoms with Crippen LogP contribution in [0.3, 0.4) is 0 Å². The SMILES string of the molecule is O=C1CC(C2CCCC2)C(c2cccc(Br)c2)C(=O)N1. The van der Waals surface area contributed by atoms with E-state index in [1.54, 1.807) is 0 Å². The molecule has 0 bridgehead atoms. The van der Waals surface area contributed by atoms with Gasteiger partial charge in [-0.3, -0.25) is 14.9 Å². The number of nitrogens with one attached hydrogen (secondary N) is 1. The molecular formula is C16H18BrNO2. The zero-order valence-electron chi connectivity index (χ0n) is 11.3. The van der Waals surface area contributed by atoms with E-state index in [0.717, 1.165) is 22.9 Å². The van der Waals surface area contributed by atoms with Gasteiger partial charge in [-0.25, -0.2) is 0 Å². The van der Waals surface area contributed by atoms with E-state index < -0.39 is 0 Å². The fourth-order valence-electron chi connectivity index (χ4n) is 3.72. The highest BCUT2D eigenvalue weighted by Gasteiger charge is 2.41. The zero-order valence-corrected chi connectivity index (χ0v) is 12.9. The lowest BCUT2D eigenvalue weighted by atomic mass is 9.73. The van der Waals surface area contributed by atoms with Gasteiger partial charge in [0.05, 0.1) is 5.92 Å². The molecule has 2 aliphatic rings. The van der Waals surface area contributed by atoms with E-state index >= 15 is 0 Å². The van der Waals surface area contributed by atoms with Crippen LogP contribution in [-0.4, -0.2) is 11.8 Å². The summed E-state index contributed by atoms with van der Waals surface area (Å²) in [6, 6.07) is 7.91. The van der Waals surface area contributed by atoms with Gasteiger partial charge >= 0.3 is 0 Å². The third-order valence-corrected chi connectivity index (χ3v) is 5.10. The van der Waals surface area contributed by atoms with Gasteiger partial charge in [-0.15, -0.1) is 0 Å². The Labute approximate surface area is 127 Å². The normalized spacial score (nSPS) is 27.6. The summed E-state index contributed by atoms with van der Waals surface area (Å²) in [5, 5.41) is 2.51. The summed E-state index contributed by atoms with van der Waals surface area (Å²) in [6.07, 6.45) is 5.23. The number of amides is 2. The van der Waals surface area contributed by atoms with Crippen LogP contribution in [0.4, 0.5) is 0 Å². The van der Waals surface area contributed by atoms with Crippen molar-refractivity contribution in [2.24, 2.45) is 11.8 Å². The van der Waals surface area contributed by atoms with E-state index in [1.807, 2.05) is 24.3 Å². The minimum Gasteiger partial charge on any atom is -0.296 e. The molecule has 3 nitrogen and oxygen atoms in total. The van der Waals surface area contributed by atoms with Crippen LogP contribution in [0.2, 0.25) is 0 Å². The highest BCUT2D eigenvalue weighted by molar-refractivity contribution is 9.10. The maximum absolute atomic E-state index is 12.3. The second-order valence-corrected chi connectivity index (χ2v) is 6.77. The van der Waals surface area contributed by atoms with Crippen molar-refractivity contribution < 1.29 is 9.59 Å². The number of halogens is 1. The Hall–Kier alpha value is -1.16. The Bertz CT molecular complexity index is 537. The lowest BCUT2D eigenvalue weighted by Crippen LogP contribution is -2.46. The quantitative estimate of drug-likeness (QED) is 0.842. The van der Waals surface area contributed by atoms with Crippen LogP contribution >= 0.6 is 15.9 Å². The van der Waals surface area contributed by atoms with Crippen LogP contribution in [0.25, 0.3) is 0 Å². The van der Waals surface area contributed by atoms with Gasteiger partial charge in [0.15, 0.2) is 0 Å². The molecule has 2 fully saturated rings. The van der Waals surface area contributed by atoms with Crippen LogP contribution in [0.5, 0.6) is 0 Å². The van der Waals surface area contributed by atoms with Crippen molar-refractivity contribution in [2.75, 3.05) is 0 Å². The average Bonchev–Trinajstić information content (AvgIpc) is 2.91. The number of imide groups is 1. The molecule has 1 aliphatic carbocycles. The summed E-state index contributed by atoms with van der Waals surface area (Å²) < 4.78 is 0.977. The molecule has 0 radical (unpaired) electrons. The number of carbonyl (C=O) groups excluding carboxylic acids is 2. The molecule has 1 N–H and O–H groups in total. The van der Waals surface area contributed by atoms with E-state index in [2.05, 4.69) is 21.2 Å². The van der Waals surface area contributed by atoms with Crippen LogP contribution in [-0.2, 0) is 9.59 Å². The Morgan fingerprint density at radius 3 is 2.60 bits per heavy atom. The first-order valence-electron chi connectivity index (χ1n) is 7.24. The Balaban J connectivity index is 1.94. The maximum Gasteiger partial charge on any atom is 0.234 e. The van der Waals surface area contributed by atoms with Crippen molar-refractivity contribution in [1.82, 2.24) is 5.32 Å². The molecule has 3 rings (SSSR count). The molecule has 2 unspecified atom stereocenters. The molecule has 1 aromatic rings. The summed E-state index contributed by atoms with van der Waals surface area (Å²) in [6.45, 7) is 0. The molecule has 2 atom stereocenters. The van der Waals surface area contributed by atoms with Gasteiger partial charge in [-0.05, 0) is 29.5 Å². The van der Waals surface area contributed by atoms with Crippen LogP contribution in [0, 0.1) is 11.8 Å². The number of hydrogen-bond acceptors (Lipinski definition) is 2. The topological polar surface area (TPSA) is 46.2 Å². The lowest BCUT2D eigenvalue weighted by molar-refractivity contribution is -0.137. The largest absolute Gasteiger partial charge is 0.296 e. The summed E-state index contributed by atoms with van der Waals surface area (Å²) in [5.41, 5.74) is 1.02. The fourth-order valence-corrected chi connectivity index (χ4v) is 4.13. The molecule has 0 spiro atoms. The number of rotatable bonds is 2. The smallest absolute Gasteiger partial charge is 0.234 e. The van der Waals surface area contributed by atoms with Crippen LogP contribution in [0.15, 0.2) is 28.7 Å². The minimum atomic E-state index is -0.187. The fraction of sp³-hybridized carbons (Fsp3) is 0.500. The van der Waals surface area contributed by atoms with E-state index in [1.165, 1.54) is 12.8 Å². The monoisotopic (exact) mass is 335 g/mol. The zero-order chi connectivity index (χ0) is 14.1. The molecule has 106 valence electrons. The van der Waals surface area contributed by atoms with Gasteiger partial charge in [0, 0.05) is 10.9 Å². The first-order chi connectivity index (χ1) is 9.65. The van der Waals surface area contributed by atoms with E-state index in [4.69, 9.17) is 0 Å². The van der Waals surface area contributed by atoms with Crippen LogP contribution in [0.1, 0.15) is 43.6 Å². The number of hydrogen-bond donors (Lipinski definition) is 1. The maximum atomic E-state index is 12.3. The minimum absolute atomic E-state index is 0.113. The van der Waals surface area contributed by atoms with Gasteiger partial charge in [-0.2, -0.15) is 0 Å². The molecule has 1 aliphatic heterocycles. The molecular weight excluding hydrogens is 318 g/mol. The summed E-state index contributed by atoms with van der Waals surface area (Å²) in [5.74, 6) is 0.240. The predicted molar refractivity (Wildman–Crippen MR) is 80.1 cm³/mol. The van der Waals surface area contributed by atoms with Gasteiger partial charge in [0.1, 0.15) is 0 Å². The molecule has 1 heterocycles. The standard InChI is InChI=1S/C16H18BrNO2/c17-12-7-3-6-11(8-12)15-13(10-4-1-2-5-10)9-14(19)18-16(15)20/h3,6-8,10,13,15H,1-2,4-5,9H2,(H,18,19,20). The number of carbonyl (C=O) groups is 2. The lowest BCUT2D eigenvalue weighted by Gasteiger charge is -2.34. The first kappa shape index (κ1) is 13.8. The average molecular weight is 336 g/mol. The summed E-state index contributed by atoms with van der Waals surface area (Å²) in [7, 11) is 0. The highest BCUT2D eigenvalue weighted by Crippen LogP contribution is 2.43. The van der Waals surface area contributed by atoms with Crippen molar-refractivity contribution in [3.05, 3.63) is 34.3 Å². The van der Waals surface area contributed by atoms with Crippen molar-refractivity contribution in [2.45, 2.75) is 38.0 Å². The van der Waals surface area contributed by atoms with Gasteiger partial charge in [0.2, 0.25) is 11.8 Å². The van der Waals surface area contributed by atoms with E-state index in [0.29, 0.717) is 12.3 Å². The molecule has 2 amide bonds. The summed E-state index contributed by atoms with van der Waals surface area (Å²) in [4.78, 5) is 24.1. The molecule has 0 aromatic heterocycles. The Kier molecular flexibility index (Phi) is 3.92. The van der Waals surface area contributed by atoms with E-state index in [-0.39, 0.29) is 23.7 Å². The first-order valence-corrected chi connectivity index (χ1v) is 8.03. The molecule has 4 heteroatoms. The Morgan fingerprint density at radius 2 is 1.90 bits per heavy atom. The molecule has 1 saturated heterocycles. The Morgan fingerprint density at radius 1 is 1.15 bits per heavy atom. The third kappa shape index (κ3) is 2.66. The molecule has 1 aromatic carbocycles. The van der Waals surface area contributed by atoms with Gasteiger partial charge in [-0.1, -0.05) is 53.7 Å². The highest BCUT2D eigenvalue weighted by atomic mass is 79.9. The van der Waals surface area contributed by atoms with Gasteiger partial charge < -0.3 is 0 Å². The van der Waals surface area contributed by atoms with E-state index in [9.17, 15) is 9.59 Å². The second kappa shape index (κ2) is 5.68. The van der Waals surface area contributed by atoms with Crippen molar-refractivity contribution in [3.8, 4) is 0 Å². The predicted octanol–water partition coefficient (Wildman–Crippen LogP) is 3.39. The van der Waals surface area contributed by atoms with Crippen molar-refractivity contribution in [1.29, 1.82) is 0 Å². The molecule has 1 saturated carbocycles. The third-order valence-electron chi connectivity index (χ3n) is 4.61. The van der Waals surface area contributed by atoms with Crippen molar-refractivity contribution in [3.63, 3.8) is 0 Å². The second-order valence-electron chi connectivity index (χ2n) is 5.86. The molecule has 20 heavy (non-hydrogen) atoms. The number of piperidine rings is 1. The van der Waals surface area contributed by atoms with Crippen molar-refractivity contribution >= 4 is 27.7 Å². The summed E-state index contributed by atoms with van der Waals surface area (Å²) >= 11 is 3.47. The van der Waals surface area contributed by atoms with Gasteiger partial charge in [0.25, 0.3) is 0 Å². The number of benzene rings is 1. The van der Waals surface area contributed by atoms with Crippen LogP contribution < -0.4 is 5.32 Å².